The normalized spacial score (nSPS) is 23.5. The van der Waals surface area contributed by atoms with E-state index in [4.69, 9.17) is 5.11 Å². The fourth-order valence-electron chi connectivity index (χ4n) is 2.21. The maximum atomic E-state index is 11.5. The SMILES string of the molecule is CNC(C)(CCCN1CCCS(=O)(=O)CC1)C(=O)O. The van der Waals surface area contributed by atoms with Crippen LogP contribution in [0.1, 0.15) is 26.2 Å². The van der Waals surface area contributed by atoms with Crippen molar-refractivity contribution in [3.05, 3.63) is 0 Å². The van der Waals surface area contributed by atoms with Crippen molar-refractivity contribution < 1.29 is 18.3 Å². The zero-order valence-corrected chi connectivity index (χ0v) is 12.5. The number of likely N-dealkylation sites (N-methyl/N-ethyl adjacent to an activating group) is 1. The van der Waals surface area contributed by atoms with Crippen LogP contribution in [0.25, 0.3) is 0 Å². The lowest BCUT2D eigenvalue weighted by atomic mass is 9.96. The second-order valence-corrected chi connectivity index (χ2v) is 7.64. The monoisotopic (exact) mass is 292 g/mol. The quantitative estimate of drug-likeness (QED) is 0.714. The van der Waals surface area contributed by atoms with E-state index in [9.17, 15) is 13.2 Å². The summed E-state index contributed by atoms with van der Waals surface area (Å²) in [5, 5.41) is 12.0. The maximum absolute atomic E-state index is 11.5. The molecule has 7 heteroatoms. The van der Waals surface area contributed by atoms with Crippen LogP contribution >= 0.6 is 0 Å². The molecule has 0 saturated carbocycles. The molecule has 6 nitrogen and oxygen atoms in total. The van der Waals surface area contributed by atoms with E-state index in [1.165, 1.54) is 0 Å². The Balaban J connectivity index is 2.39. The number of carbonyl (C=O) groups is 1. The second-order valence-electron chi connectivity index (χ2n) is 5.34. The van der Waals surface area contributed by atoms with Crippen molar-refractivity contribution in [2.75, 3.05) is 38.2 Å². The zero-order chi connectivity index (χ0) is 14.5. The van der Waals surface area contributed by atoms with Crippen molar-refractivity contribution in [2.45, 2.75) is 31.7 Å². The summed E-state index contributed by atoms with van der Waals surface area (Å²) in [4.78, 5) is 13.2. The van der Waals surface area contributed by atoms with Crippen molar-refractivity contribution in [3.8, 4) is 0 Å². The van der Waals surface area contributed by atoms with Crippen molar-refractivity contribution in [3.63, 3.8) is 0 Å². The van der Waals surface area contributed by atoms with Crippen molar-refractivity contribution in [1.82, 2.24) is 10.2 Å². The first kappa shape index (κ1) is 16.4. The molecule has 0 aromatic rings. The lowest BCUT2D eigenvalue weighted by Gasteiger charge is -2.26. The second kappa shape index (κ2) is 6.67. The minimum absolute atomic E-state index is 0.217. The first-order valence-corrected chi connectivity index (χ1v) is 8.46. The Kier molecular flexibility index (Phi) is 5.76. The van der Waals surface area contributed by atoms with Gasteiger partial charge in [0.25, 0.3) is 0 Å². The number of carboxylic acids is 1. The average molecular weight is 292 g/mol. The van der Waals surface area contributed by atoms with E-state index in [0.29, 0.717) is 19.4 Å². The molecule has 0 aromatic heterocycles. The number of sulfone groups is 1. The molecule has 1 aliphatic heterocycles. The van der Waals surface area contributed by atoms with E-state index < -0.39 is 21.3 Å². The molecule has 0 aromatic carbocycles. The number of carboxylic acid groups (broad SMARTS) is 1. The summed E-state index contributed by atoms with van der Waals surface area (Å²) in [6.45, 7) is 3.76. The van der Waals surface area contributed by atoms with Gasteiger partial charge < -0.3 is 15.3 Å². The number of nitrogens with one attached hydrogen (secondary N) is 1. The number of nitrogens with zero attached hydrogens (tertiary/aromatic N) is 1. The lowest BCUT2D eigenvalue weighted by Crippen LogP contribution is -2.47. The molecule has 0 amide bonds. The first-order valence-electron chi connectivity index (χ1n) is 6.64. The predicted octanol–water partition coefficient (Wildman–Crippen LogP) is -0.0502. The van der Waals surface area contributed by atoms with Crippen molar-refractivity contribution in [1.29, 1.82) is 0 Å². The van der Waals surface area contributed by atoms with Gasteiger partial charge in [-0.15, -0.1) is 0 Å². The van der Waals surface area contributed by atoms with Crippen LogP contribution in [0.15, 0.2) is 0 Å². The van der Waals surface area contributed by atoms with Crippen LogP contribution < -0.4 is 5.32 Å². The van der Waals surface area contributed by atoms with Gasteiger partial charge in [0, 0.05) is 6.54 Å². The van der Waals surface area contributed by atoms with E-state index in [0.717, 1.165) is 19.5 Å². The summed E-state index contributed by atoms with van der Waals surface area (Å²) in [6.07, 6.45) is 1.94. The highest BCUT2D eigenvalue weighted by Gasteiger charge is 2.30. The van der Waals surface area contributed by atoms with Gasteiger partial charge in [-0.05, 0) is 46.3 Å². The number of hydrogen-bond donors (Lipinski definition) is 2. The molecule has 0 radical (unpaired) electrons. The molecule has 2 N–H and O–H groups in total. The first-order chi connectivity index (χ1) is 8.79. The summed E-state index contributed by atoms with van der Waals surface area (Å²) in [5.74, 6) is -0.365. The van der Waals surface area contributed by atoms with Gasteiger partial charge in [-0.3, -0.25) is 4.79 Å². The van der Waals surface area contributed by atoms with Gasteiger partial charge in [0.2, 0.25) is 0 Å². The lowest BCUT2D eigenvalue weighted by molar-refractivity contribution is -0.144. The molecule has 1 heterocycles. The van der Waals surface area contributed by atoms with E-state index in [2.05, 4.69) is 10.2 Å². The number of hydrogen-bond acceptors (Lipinski definition) is 5. The van der Waals surface area contributed by atoms with E-state index in [-0.39, 0.29) is 11.5 Å². The van der Waals surface area contributed by atoms with Gasteiger partial charge in [-0.1, -0.05) is 0 Å². The third kappa shape index (κ3) is 5.08. The number of aliphatic carboxylic acids is 1. The minimum Gasteiger partial charge on any atom is -0.480 e. The molecule has 1 fully saturated rings. The van der Waals surface area contributed by atoms with Gasteiger partial charge in [0.15, 0.2) is 9.84 Å². The van der Waals surface area contributed by atoms with Gasteiger partial charge in [0.05, 0.1) is 11.5 Å². The minimum atomic E-state index is -2.87. The summed E-state index contributed by atoms with van der Waals surface area (Å²) >= 11 is 0. The van der Waals surface area contributed by atoms with Crippen molar-refractivity contribution >= 4 is 15.8 Å². The van der Waals surface area contributed by atoms with Crippen LogP contribution in [0, 0.1) is 0 Å². The Morgan fingerprint density at radius 3 is 2.63 bits per heavy atom. The van der Waals surface area contributed by atoms with Crippen LogP contribution in [0.4, 0.5) is 0 Å². The van der Waals surface area contributed by atoms with Crippen LogP contribution in [0.3, 0.4) is 0 Å². The molecule has 0 spiro atoms. The molecule has 1 rings (SSSR count). The van der Waals surface area contributed by atoms with Gasteiger partial charge in [-0.25, -0.2) is 8.42 Å². The maximum Gasteiger partial charge on any atom is 0.323 e. The largest absolute Gasteiger partial charge is 0.480 e. The van der Waals surface area contributed by atoms with E-state index in [1.54, 1.807) is 14.0 Å². The summed E-state index contributed by atoms with van der Waals surface area (Å²) in [7, 11) is -1.23. The zero-order valence-electron chi connectivity index (χ0n) is 11.7. The molecule has 1 unspecified atom stereocenters. The average Bonchev–Trinajstić information content (AvgIpc) is 2.50. The topological polar surface area (TPSA) is 86.7 Å². The van der Waals surface area contributed by atoms with Crippen molar-refractivity contribution in [2.24, 2.45) is 0 Å². The van der Waals surface area contributed by atoms with Crippen LogP contribution in [-0.2, 0) is 14.6 Å². The molecular formula is C12H24N2O4S. The molecule has 1 saturated heterocycles. The Morgan fingerprint density at radius 2 is 2.05 bits per heavy atom. The standard InChI is InChI=1S/C12H24N2O4S/c1-12(13-2,11(15)16)5-3-6-14-7-4-9-19(17,18)10-8-14/h13H,3-10H2,1-2H3,(H,15,16). The predicted molar refractivity (Wildman–Crippen MR) is 74.0 cm³/mol. The van der Waals surface area contributed by atoms with E-state index in [1.807, 2.05) is 0 Å². The molecule has 0 aliphatic carbocycles. The molecule has 0 bridgehead atoms. The third-order valence-electron chi connectivity index (χ3n) is 3.82. The fourth-order valence-corrected chi connectivity index (χ4v) is 3.52. The molecular weight excluding hydrogens is 268 g/mol. The smallest absolute Gasteiger partial charge is 0.323 e. The summed E-state index contributed by atoms with van der Waals surface area (Å²) < 4.78 is 22.9. The van der Waals surface area contributed by atoms with Crippen LogP contribution in [0.5, 0.6) is 0 Å². The fraction of sp³-hybridized carbons (Fsp3) is 0.917. The van der Waals surface area contributed by atoms with Gasteiger partial charge in [0.1, 0.15) is 5.54 Å². The molecule has 112 valence electrons. The molecule has 19 heavy (non-hydrogen) atoms. The molecule has 1 aliphatic rings. The summed E-state index contributed by atoms with van der Waals surface area (Å²) in [6, 6.07) is 0. The van der Waals surface area contributed by atoms with Crippen LogP contribution in [-0.4, -0.2) is 68.1 Å². The Hall–Kier alpha value is -0.660. The van der Waals surface area contributed by atoms with Gasteiger partial charge in [-0.2, -0.15) is 0 Å². The Bertz CT molecular complexity index is 410. The highest BCUT2D eigenvalue weighted by molar-refractivity contribution is 7.91. The van der Waals surface area contributed by atoms with E-state index >= 15 is 0 Å². The third-order valence-corrected chi connectivity index (χ3v) is 5.54. The Labute approximate surface area is 115 Å². The molecule has 1 atom stereocenters. The Morgan fingerprint density at radius 1 is 1.37 bits per heavy atom. The van der Waals surface area contributed by atoms with Gasteiger partial charge >= 0.3 is 5.97 Å². The highest BCUT2D eigenvalue weighted by atomic mass is 32.2. The summed E-state index contributed by atoms with van der Waals surface area (Å²) in [5.41, 5.74) is -0.905. The van der Waals surface area contributed by atoms with Crippen LogP contribution in [0.2, 0.25) is 0 Å². The highest BCUT2D eigenvalue weighted by Crippen LogP contribution is 2.13. The number of rotatable bonds is 6.